The van der Waals surface area contributed by atoms with Gasteiger partial charge in [-0.1, -0.05) is 30.3 Å². The number of nitrogens with zero attached hydrogens (tertiary/aromatic N) is 4. The van der Waals surface area contributed by atoms with E-state index in [0.29, 0.717) is 18.7 Å². The van der Waals surface area contributed by atoms with Crippen LogP contribution in [0.5, 0.6) is 0 Å². The fraction of sp³-hybridized carbons (Fsp3) is 0.250. The van der Waals surface area contributed by atoms with Gasteiger partial charge >= 0.3 is 0 Å². The van der Waals surface area contributed by atoms with Crippen LogP contribution in [0.2, 0.25) is 0 Å². The van der Waals surface area contributed by atoms with Crippen LogP contribution in [0.15, 0.2) is 67.3 Å². The van der Waals surface area contributed by atoms with Gasteiger partial charge in [-0.15, -0.1) is 0 Å². The normalized spacial score (nSPS) is 10.5. The molecule has 6 nitrogen and oxygen atoms in total. The van der Waals surface area contributed by atoms with Crippen LogP contribution in [0.4, 0.5) is 5.69 Å². The van der Waals surface area contributed by atoms with Crippen molar-refractivity contribution in [1.29, 1.82) is 0 Å². The average molecular weight is 349 g/mol. The lowest BCUT2D eigenvalue weighted by Crippen LogP contribution is -2.28. The molecule has 1 amide bonds. The highest BCUT2D eigenvalue weighted by Crippen LogP contribution is 2.11. The number of rotatable bonds is 8. The zero-order valence-corrected chi connectivity index (χ0v) is 14.9. The van der Waals surface area contributed by atoms with E-state index in [1.807, 2.05) is 42.5 Å². The average Bonchev–Trinajstić information content (AvgIpc) is 3.19. The molecule has 6 heteroatoms. The molecule has 0 bridgehead atoms. The number of amides is 1. The summed E-state index contributed by atoms with van der Waals surface area (Å²) in [5.74, 6) is -0.0420. The molecule has 0 saturated carbocycles. The predicted octanol–water partition coefficient (Wildman–Crippen LogP) is 2.58. The van der Waals surface area contributed by atoms with Gasteiger partial charge in [0.15, 0.2) is 0 Å². The zero-order chi connectivity index (χ0) is 18.2. The lowest BCUT2D eigenvalue weighted by molar-refractivity contribution is 0.0953. The molecule has 2 aromatic carbocycles. The van der Waals surface area contributed by atoms with E-state index in [1.54, 1.807) is 11.0 Å². The Kier molecular flexibility index (Phi) is 5.98. The summed E-state index contributed by atoms with van der Waals surface area (Å²) < 4.78 is 1.75. The fourth-order valence-corrected chi connectivity index (χ4v) is 2.69. The van der Waals surface area contributed by atoms with Crippen LogP contribution in [-0.2, 0) is 6.54 Å². The first-order valence-electron chi connectivity index (χ1n) is 8.68. The van der Waals surface area contributed by atoms with Crippen LogP contribution >= 0.6 is 0 Å². The second kappa shape index (κ2) is 8.80. The van der Waals surface area contributed by atoms with Gasteiger partial charge in [0.05, 0.1) is 6.54 Å². The van der Waals surface area contributed by atoms with Crippen molar-refractivity contribution in [1.82, 2.24) is 20.1 Å². The van der Waals surface area contributed by atoms with Gasteiger partial charge in [0.2, 0.25) is 0 Å². The number of carbonyl (C=O) groups is 1. The Morgan fingerprint density at radius 1 is 1.12 bits per heavy atom. The first kappa shape index (κ1) is 17.7. The van der Waals surface area contributed by atoms with Crippen molar-refractivity contribution in [3.8, 4) is 0 Å². The van der Waals surface area contributed by atoms with Gasteiger partial charge in [-0.05, 0) is 36.2 Å². The van der Waals surface area contributed by atoms with Crippen molar-refractivity contribution in [3.05, 3.63) is 78.4 Å². The Morgan fingerprint density at radius 2 is 1.88 bits per heavy atom. The molecule has 1 aromatic heterocycles. The minimum Gasteiger partial charge on any atom is -0.375 e. The van der Waals surface area contributed by atoms with Crippen molar-refractivity contribution >= 4 is 11.6 Å². The number of nitrogens with one attached hydrogen (secondary N) is 1. The van der Waals surface area contributed by atoms with E-state index in [1.165, 1.54) is 12.0 Å². The smallest absolute Gasteiger partial charge is 0.251 e. The number of benzene rings is 2. The molecular formula is C20H23N5O. The molecule has 0 atom stereocenters. The van der Waals surface area contributed by atoms with Crippen LogP contribution in [-0.4, -0.2) is 40.8 Å². The van der Waals surface area contributed by atoms with Gasteiger partial charge in [0.25, 0.3) is 5.91 Å². The van der Waals surface area contributed by atoms with Gasteiger partial charge in [0, 0.05) is 31.4 Å². The topological polar surface area (TPSA) is 63.1 Å². The summed E-state index contributed by atoms with van der Waals surface area (Å²) in [6, 6.07) is 17.8. The standard InChI is InChI=1S/C20H23N5O/c1-24(19-6-3-2-4-7-19)13-5-12-22-20(26)18-10-8-17(9-11-18)14-25-16-21-15-23-25/h2-4,6-11,15-16H,5,12-14H2,1H3,(H,22,26). The highest BCUT2D eigenvalue weighted by atomic mass is 16.1. The Hall–Kier alpha value is -3.15. The van der Waals surface area contributed by atoms with E-state index < -0.39 is 0 Å². The maximum absolute atomic E-state index is 12.2. The second-order valence-corrected chi connectivity index (χ2v) is 6.16. The fourth-order valence-electron chi connectivity index (χ4n) is 2.69. The molecule has 0 unspecified atom stereocenters. The van der Waals surface area contributed by atoms with Gasteiger partial charge in [0.1, 0.15) is 12.7 Å². The number of hydrogen-bond acceptors (Lipinski definition) is 4. The molecule has 3 rings (SSSR count). The molecule has 0 aliphatic heterocycles. The van der Waals surface area contributed by atoms with Gasteiger partial charge in [-0.25, -0.2) is 9.67 Å². The van der Waals surface area contributed by atoms with Crippen LogP contribution in [0.25, 0.3) is 0 Å². The van der Waals surface area contributed by atoms with E-state index in [0.717, 1.165) is 18.5 Å². The van der Waals surface area contributed by atoms with Gasteiger partial charge in [-0.2, -0.15) is 5.10 Å². The summed E-state index contributed by atoms with van der Waals surface area (Å²) >= 11 is 0. The molecule has 134 valence electrons. The van der Waals surface area contributed by atoms with Gasteiger partial charge < -0.3 is 10.2 Å². The summed E-state index contributed by atoms with van der Waals surface area (Å²) in [5.41, 5.74) is 2.93. The summed E-state index contributed by atoms with van der Waals surface area (Å²) in [6.07, 6.45) is 4.08. The molecule has 1 heterocycles. The summed E-state index contributed by atoms with van der Waals surface area (Å²) in [4.78, 5) is 18.3. The van der Waals surface area contributed by atoms with E-state index in [-0.39, 0.29) is 5.91 Å². The highest BCUT2D eigenvalue weighted by molar-refractivity contribution is 5.94. The third-order valence-corrected chi connectivity index (χ3v) is 4.18. The Morgan fingerprint density at radius 3 is 2.58 bits per heavy atom. The first-order chi connectivity index (χ1) is 12.7. The minimum absolute atomic E-state index is 0.0420. The molecular weight excluding hydrogens is 326 g/mol. The molecule has 0 fully saturated rings. The van der Waals surface area contributed by atoms with E-state index in [2.05, 4.69) is 39.5 Å². The highest BCUT2D eigenvalue weighted by Gasteiger charge is 2.06. The summed E-state index contributed by atoms with van der Waals surface area (Å²) in [5, 5.41) is 7.05. The van der Waals surface area contributed by atoms with E-state index >= 15 is 0 Å². The molecule has 3 aromatic rings. The van der Waals surface area contributed by atoms with Crippen molar-refractivity contribution in [2.75, 3.05) is 25.0 Å². The van der Waals surface area contributed by atoms with Crippen molar-refractivity contribution < 1.29 is 4.79 Å². The van der Waals surface area contributed by atoms with Crippen LogP contribution in [0.1, 0.15) is 22.3 Å². The van der Waals surface area contributed by atoms with Crippen molar-refractivity contribution in [2.45, 2.75) is 13.0 Å². The lowest BCUT2D eigenvalue weighted by atomic mass is 10.1. The number of anilines is 1. The molecule has 0 aliphatic carbocycles. The second-order valence-electron chi connectivity index (χ2n) is 6.16. The van der Waals surface area contributed by atoms with Crippen LogP contribution < -0.4 is 10.2 Å². The van der Waals surface area contributed by atoms with E-state index in [4.69, 9.17) is 0 Å². The van der Waals surface area contributed by atoms with Gasteiger partial charge in [-0.3, -0.25) is 4.79 Å². The number of aromatic nitrogens is 3. The van der Waals surface area contributed by atoms with Crippen molar-refractivity contribution in [2.24, 2.45) is 0 Å². The lowest BCUT2D eigenvalue weighted by Gasteiger charge is -2.19. The summed E-state index contributed by atoms with van der Waals surface area (Å²) in [6.45, 7) is 2.19. The number of carbonyl (C=O) groups excluding carboxylic acids is 1. The predicted molar refractivity (Wildman–Crippen MR) is 102 cm³/mol. The molecule has 0 aliphatic rings. The van der Waals surface area contributed by atoms with Crippen molar-refractivity contribution in [3.63, 3.8) is 0 Å². The zero-order valence-electron chi connectivity index (χ0n) is 14.9. The SMILES string of the molecule is CN(CCCNC(=O)c1ccc(Cn2cncn2)cc1)c1ccccc1. The Bertz CT molecular complexity index is 800. The van der Waals surface area contributed by atoms with E-state index in [9.17, 15) is 4.79 Å². The molecule has 0 spiro atoms. The Balaban J connectivity index is 1.42. The number of hydrogen-bond donors (Lipinski definition) is 1. The Labute approximate surface area is 153 Å². The van der Waals surface area contributed by atoms with Crippen LogP contribution in [0.3, 0.4) is 0 Å². The maximum Gasteiger partial charge on any atom is 0.251 e. The number of para-hydroxylation sites is 1. The third kappa shape index (κ3) is 4.92. The molecule has 1 N–H and O–H groups in total. The monoisotopic (exact) mass is 349 g/mol. The third-order valence-electron chi connectivity index (χ3n) is 4.18. The molecule has 0 radical (unpaired) electrons. The maximum atomic E-state index is 12.2. The first-order valence-corrected chi connectivity index (χ1v) is 8.68. The minimum atomic E-state index is -0.0420. The quantitative estimate of drug-likeness (QED) is 0.635. The largest absolute Gasteiger partial charge is 0.375 e. The summed E-state index contributed by atoms with van der Waals surface area (Å²) in [7, 11) is 2.06. The molecule has 26 heavy (non-hydrogen) atoms. The molecule has 0 saturated heterocycles. The van der Waals surface area contributed by atoms with Crippen LogP contribution in [0, 0.1) is 0 Å².